The molecule has 254 valence electrons. The van der Waals surface area contributed by atoms with Crippen molar-refractivity contribution in [3.63, 3.8) is 0 Å². The van der Waals surface area contributed by atoms with E-state index in [1.165, 1.54) is 0 Å². The predicted molar refractivity (Wildman–Crippen MR) is 184 cm³/mol. The number of hydrogen-bond acceptors (Lipinski definition) is 6. The predicted octanol–water partition coefficient (Wildman–Crippen LogP) is 8.78. The Bertz CT molecular complexity index is 1060. The lowest BCUT2D eigenvalue weighted by Gasteiger charge is -2.49. The van der Waals surface area contributed by atoms with Crippen LogP contribution in [0.25, 0.3) is 0 Å². The van der Waals surface area contributed by atoms with E-state index in [0.29, 0.717) is 51.1 Å². The molecule has 0 aliphatic heterocycles. The summed E-state index contributed by atoms with van der Waals surface area (Å²) in [7, 11) is 0. The van der Waals surface area contributed by atoms with Gasteiger partial charge in [-0.05, 0) is 73.9 Å². The summed E-state index contributed by atoms with van der Waals surface area (Å²) in [5.41, 5.74) is 3.16. The first kappa shape index (κ1) is 37.8. The SMILES string of the molecule is CCCCOC[C@H]1[C@H](O)[C@@H](c2ccc(Cl)c(Cc3ccc(OCC)cc3)c2)[C@H](OCCCC)[C@@H](OCCCC)[C@@H]1OCCCC. The van der Waals surface area contributed by atoms with Gasteiger partial charge in [0, 0.05) is 43.3 Å². The van der Waals surface area contributed by atoms with Crippen molar-refractivity contribution >= 4 is 11.6 Å². The summed E-state index contributed by atoms with van der Waals surface area (Å²) in [5.74, 6) is 0.276. The number of unbranched alkanes of at least 4 members (excludes halogenated alkanes) is 4. The van der Waals surface area contributed by atoms with E-state index in [2.05, 4.69) is 45.9 Å². The van der Waals surface area contributed by atoms with Crippen LogP contribution >= 0.6 is 11.6 Å². The highest BCUT2D eigenvalue weighted by Crippen LogP contribution is 2.43. The fourth-order valence-electron chi connectivity index (χ4n) is 6.06. The second-order valence-corrected chi connectivity index (χ2v) is 12.7. The molecular formula is C38H59ClO6. The molecule has 0 unspecified atom stereocenters. The molecule has 0 saturated heterocycles. The van der Waals surface area contributed by atoms with Gasteiger partial charge in [0.15, 0.2) is 0 Å². The standard InChI is InChI=1S/C38H59ClO6/c1-6-11-21-41-27-32-35(40)34(29-17-20-33(39)30(26-29)25-28-15-18-31(19-16-28)42-10-5)37(44-23-13-8-3)38(45-24-14-9-4)36(32)43-22-12-7-2/h15-20,26,32,34-38,40H,6-14,21-25,27H2,1-5H3/t32-,34+,35-,36+,37-,38-/m0/s1. The number of rotatable bonds is 22. The van der Waals surface area contributed by atoms with Gasteiger partial charge in [-0.3, -0.25) is 0 Å². The van der Waals surface area contributed by atoms with Crippen LogP contribution in [0.5, 0.6) is 5.75 Å². The van der Waals surface area contributed by atoms with E-state index in [1.54, 1.807) is 0 Å². The van der Waals surface area contributed by atoms with Crippen LogP contribution in [0.4, 0.5) is 0 Å². The van der Waals surface area contributed by atoms with Crippen LogP contribution in [0.2, 0.25) is 5.02 Å². The third-order valence-corrected chi connectivity index (χ3v) is 9.06. The minimum atomic E-state index is -0.740. The van der Waals surface area contributed by atoms with Crippen molar-refractivity contribution in [1.82, 2.24) is 0 Å². The molecule has 3 rings (SSSR count). The summed E-state index contributed by atoms with van der Waals surface area (Å²) in [6.45, 7) is 14.2. The zero-order chi connectivity index (χ0) is 32.4. The Morgan fingerprint density at radius 1 is 0.689 bits per heavy atom. The highest BCUT2D eigenvalue weighted by atomic mass is 35.5. The Balaban J connectivity index is 2.02. The lowest BCUT2D eigenvalue weighted by atomic mass is 9.70. The molecule has 0 bridgehead atoms. The maximum Gasteiger partial charge on any atom is 0.119 e. The van der Waals surface area contributed by atoms with E-state index in [9.17, 15) is 5.11 Å². The van der Waals surface area contributed by atoms with Gasteiger partial charge in [-0.1, -0.05) is 89.2 Å². The zero-order valence-electron chi connectivity index (χ0n) is 28.5. The molecule has 7 heteroatoms. The van der Waals surface area contributed by atoms with Crippen LogP contribution in [0.3, 0.4) is 0 Å². The van der Waals surface area contributed by atoms with Crippen LogP contribution < -0.4 is 4.74 Å². The van der Waals surface area contributed by atoms with Crippen LogP contribution in [0.15, 0.2) is 42.5 Å². The molecule has 6 atom stereocenters. The Kier molecular flexibility index (Phi) is 17.8. The number of aliphatic hydroxyl groups is 1. The van der Waals surface area contributed by atoms with Gasteiger partial charge in [-0.2, -0.15) is 0 Å². The summed E-state index contributed by atoms with van der Waals surface area (Å²) in [6, 6.07) is 14.3. The molecule has 0 spiro atoms. The fraction of sp³-hybridized carbons (Fsp3) is 0.684. The number of aliphatic hydroxyl groups excluding tert-OH is 1. The Labute approximate surface area is 278 Å². The summed E-state index contributed by atoms with van der Waals surface area (Å²) in [6.07, 6.45) is 6.89. The third-order valence-electron chi connectivity index (χ3n) is 8.69. The molecule has 2 aromatic carbocycles. The molecular weight excluding hydrogens is 588 g/mol. The van der Waals surface area contributed by atoms with Gasteiger partial charge in [-0.15, -0.1) is 0 Å². The first-order chi connectivity index (χ1) is 22.0. The molecule has 1 aliphatic carbocycles. The van der Waals surface area contributed by atoms with Gasteiger partial charge in [0.2, 0.25) is 0 Å². The largest absolute Gasteiger partial charge is 0.494 e. The minimum Gasteiger partial charge on any atom is -0.494 e. The van der Waals surface area contributed by atoms with Crippen LogP contribution in [0, 0.1) is 5.92 Å². The molecule has 1 saturated carbocycles. The first-order valence-corrected chi connectivity index (χ1v) is 18.0. The molecule has 45 heavy (non-hydrogen) atoms. The molecule has 0 heterocycles. The number of halogens is 1. The Morgan fingerprint density at radius 3 is 1.87 bits per heavy atom. The number of benzene rings is 2. The third kappa shape index (κ3) is 11.5. The topological polar surface area (TPSA) is 66.4 Å². The quantitative estimate of drug-likeness (QED) is 0.129. The van der Waals surface area contributed by atoms with E-state index in [4.69, 9.17) is 35.3 Å². The highest BCUT2D eigenvalue weighted by Gasteiger charge is 2.52. The maximum atomic E-state index is 12.3. The lowest BCUT2D eigenvalue weighted by molar-refractivity contribution is -0.219. The van der Waals surface area contributed by atoms with Gasteiger partial charge in [-0.25, -0.2) is 0 Å². The van der Waals surface area contributed by atoms with Gasteiger partial charge >= 0.3 is 0 Å². The Morgan fingerprint density at radius 2 is 1.27 bits per heavy atom. The number of hydrogen-bond donors (Lipinski definition) is 1. The van der Waals surface area contributed by atoms with E-state index in [1.807, 2.05) is 31.2 Å². The van der Waals surface area contributed by atoms with E-state index >= 15 is 0 Å². The van der Waals surface area contributed by atoms with Crippen LogP contribution in [-0.4, -0.2) is 69.2 Å². The molecule has 1 aliphatic rings. The highest BCUT2D eigenvalue weighted by molar-refractivity contribution is 6.31. The van der Waals surface area contributed by atoms with Gasteiger partial charge in [0.05, 0.1) is 31.5 Å². The smallest absolute Gasteiger partial charge is 0.119 e. The van der Waals surface area contributed by atoms with Gasteiger partial charge in [0.1, 0.15) is 11.9 Å². The Hall–Kier alpha value is -1.67. The summed E-state index contributed by atoms with van der Waals surface area (Å²) >= 11 is 6.79. The van der Waals surface area contributed by atoms with Crippen molar-refractivity contribution in [2.24, 2.45) is 5.92 Å². The summed E-state index contributed by atoms with van der Waals surface area (Å²) < 4.78 is 31.8. The average Bonchev–Trinajstić information content (AvgIpc) is 3.04. The van der Waals surface area contributed by atoms with Crippen molar-refractivity contribution in [2.75, 3.05) is 39.6 Å². The molecule has 6 nitrogen and oxygen atoms in total. The lowest BCUT2D eigenvalue weighted by Crippen LogP contribution is -2.61. The van der Waals surface area contributed by atoms with Gasteiger partial charge < -0.3 is 28.8 Å². The molecule has 0 amide bonds. The minimum absolute atomic E-state index is 0.258. The van der Waals surface area contributed by atoms with E-state index in [-0.39, 0.29) is 30.1 Å². The van der Waals surface area contributed by atoms with Crippen LogP contribution in [0.1, 0.15) is 109 Å². The van der Waals surface area contributed by atoms with Crippen molar-refractivity contribution in [2.45, 2.75) is 123 Å². The average molecular weight is 647 g/mol. The second-order valence-electron chi connectivity index (χ2n) is 12.3. The first-order valence-electron chi connectivity index (χ1n) is 17.6. The fourth-order valence-corrected chi connectivity index (χ4v) is 6.25. The molecule has 0 aromatic heterocycles. The normalized spacial score (nSPS) is 23.4. The van der Waals surface area contributed by atoms with Gasteiger partial charge in [0.25, 0.3) is 0 Å². The maximum absolute atomic E-state index is 12.3. The molecule has 2 aromatic rings. The van der Waals surface area contributed by atoms with Crippen molar-refractivity contribution < 1.29 is 28.8 Å². The molecule has 1 fully saturated rings. The molecule has 1 N–H and O–H groups in total. The molecule has 0 radical (unpaired) electrons. The van der Waals surface area contributed by atoms with Crippen LogP contribution in [-0.2, 0) is 25.4 Å². The zero-order valence-corrected chi connectivity index (χ0v) is 29.2. The summed E-state index contributed by atoms with van der Waals surface area (Å²) in [5, 5.41) is 13.0. The second kappa shape index (κ2) is 21.3. The summed E-state index contributed by atoms with van der Waals surface area (Å²) in [4.78, 5) is 0. The van der Waals surface area contributed by atoms with Crippen molar-refractivity contribution in [1.29, 1.82) is 0 Å². The van der Waals surface area contributed by atoms with E-state index < -0.39 is 6.10 Å². The van der Waals surface area contributed by atoms with Crippen molar-refractivity contribution in [3.8, 4) is 5.75 Å². The van der Waals surface area contributed by atoms with Crippen molar-refractivity contribution in [3.05, 3.63) is 64.2 Å². The monoisotopic (exact) mass is 646 g/mol. The van der Waals surface area contributed by atoms with E-state index in [0.717, 1.165) is 73.8 Å². The number of ether oxygens (including phenoxy) is 5.